The minimum Gasteiger partial charge on any atom is -0.493 e. The Kier molecular flexibility index (Phi) is 4.48. The molecule has 0 fully saturated rings. The van der Waals surface area contributed by atoms with Gasteiger partial charge in [-0.15, -0.1) is 0 Å². The van der Waals surface area contributed by atoms with Gasteiger partial charge in [-0.1, -0.05) is 27.7 Å². The van der Waals surface area contributed by atoms with Crippen molar-refractivity contribution in [1.29, 1.82) is 0 Å². The molecule has 0 bridgehead atoms. The van der Waals surface area contributed by atoms with Crippen molar-refractivity contribution in [1.82, 2.24) is 15.2 Å². The summed E-state index contributed by atoms with van der Waals surface area (Å²) in [6.45, 7) is 0. The molecule has 0 atom stereocenters. The zero-order valence-corrected chi connectivity index (χ0v) is 12.3. The molecule has 5 nitrogen and oxygen atoms in total. The van der Waals surface area contributed by atoms with Crippen LogP contribution in [0.3, 0.4) is 0 Å². The van der Waals surface area contributed by atoms with E-state index in [0.29, 0.717) is 11.5 Å². The van der Waals surface area contributed by atoms with Crippen LogP contribution < -0.4 is 9.47 Å². The summed E-state index contributed by atoms with van der Waals surface area (Å²) in [5.41, 5.74) is 1.11. The van der Waals surface area contributed by atoms with Gasteiger partial charge in [0.2, 0.25) is 0 Å². The Bertz CT molecular complexity index is 519. The van der Waals surface area contributed by atoms with Gasteiger partial charge in [-0.05, 0) is 17.7 Å². The molecule has 1 aromatic carbocycles. The lowest BCUT2D eigenvalue weighted by Gasteiger charge is -2.11. The lowest BCUT2D eigenvalue weighted by Crippen LogP contribution is -1.93. The highest BCUT2D eigenvalue weighted by Gasteiger charge is 2.10. The third-order valence-electron chi connectivity index (χ3n) is 2.31. The van der Waals surface area contributed by atoms with E-state index in [4.69, 9.17) is 9.47 Å². The van der Waals surface area contributed by atoms with Crippen LogP contribution in [-0.4, -0.2) is 29.4 Å². The van der Waals surface area contributed by atoms with E-state index in [1.54, 1.807) is 26.0 Å². The van der Waals surface area contributed by atoms with E-state index in [-0.39, 0.29) is 0 Å². The van der Waals surface area contributed by atoms with Crippen LogP contribution >= 0.6 is 27.7 Å². The maximum atomic E-state index is 5.28. The van der Waals surface area contributed by atoms with E-state index in [9.17, 15) is 0 Å². The molecule has 0 unspecified atom stereocenters. The standard InChI is InChI=1S/C11H12BrN3O2S/c1-16-9-3-7(8(12)4-10(9)17-2)5-18-11-13-6-14-15-11/h3-4,6H,5H2,1-2H3,(H,13,14,15). The van der Waals surface area contributed by atoms with Crippen LogP contribution in [0.25, 0.3) is 0 Å². The van der Waals surface area contributed by atoms with E-state index >= 15 is 0 Å². The van der Waals surface area contributed by atoms with E-state index in [1.165, 1.54) is 6.33 Å². The van der Waals surface area contributed by atoms with Crippen LogP contribution in [0.4, 0.5) is 0 Å². The molecule has 7 heteroatoms. The van der Waals surface area contributed by atoms with E-state index in [0.717, 1.165) is 20.9 Å². The first-order valence-corrected chi connectivity index (χ1v) is 6.91. The van der Waals surface area contributed by atoms with Crippen molar-refractivity contribution in [3.8, 4) is 11.5 Å². The summed E-state index contributed by atoms with van der Waals surface area (Å²) in [5, 5.41) is 7.40. The van der Waals surface area contributed by atoms with Gasteiger partial charge < -0.3 is 9.47 Å². The molecule has 1 N–H and O–H groups in total. The van der Waals surface area contributed by atoms with Gasteiger partial charge in [-0.3, -0.25) is 5.10 Å². The van der Waals surface area contributed by atoms with Crippen LogP contribution in [0.5, 0.6) is 11.5 Å². The number of thioether (sulfide) groups is 1. The van der Waals surface area contributed by atoms with Crippen LogP contribution in [0.1, 0.15) is 5.56 Å². The van der Waals surface area contributed by atoms with Crippen molar-refractivity contribution in [3.63, 3.8) is 0 Å². The Hall–Kier alpha value is -1.21. The van der Waals surface area contributed by atoms with Gasteiger partial charge in [-0.25, -0.2) is 4.98 Å². The van der Waals surface area contributed by atoms with Crippen LogP contribution in [0.15, 0.2) is 28.1 Å². The van der Waals surface area contributed by atoms with Crippen LogP contribution in [0.2, 0.25) is 0 Å². The summed E-state index contributed by atoms with van der Waals surface area (Å²) < 4.78 is 11.5. The summed E-state index contributed by atoms with van der Waals surface area (Å²) in [6, 6.07) is 3.85. The number of rotatable bonds is 5. The van der Waals surface area contributed by atoms with Crippen molar-refractivity contribution in [3.05, 3.63) is 28.5 Å². The van der Waals surface area contributed by atoms with Crippen LogP contribution in [0, 0.1) is 0 Å². The second-order valence-corrected chi connectivity index (χ2v) is 5.20. The Balaban J connectivity index is 2.17. The molecular formula is C11H12BrN3O2S. The molecule has 2 rings (SSSR count). The number of hydrogen-bond donors (Lipinski definition) is 1. The number of nitrogens with one attached hydrogen (secondary N) is 1. The van der Waals surface area contributed by atoms with Crippen molar-refractivity contribution in [2.24, 2.45) is 0 Å². The number of aromatic amines is 1. The summed E-state index contributed by atoms with van der Waals surface area (Å²) >= 11 is 5.09. The first-order valence-electron chi connectivity index (χ1n) is 5.13. The largest absolute Gasteiger partial charge is 0.493 e. The smallest absolute Gasteiger partial charge is 0.183 e. The quantitative estimate of drug-likeness (QED) is 0.854. The molecular weight excluding hydrogens is 318 g/mol. The third-order valence-corrected chi connectivity index (χ3v) is 3.97. The first-order chi connectivity index (χ1) is 8.74. The minimum atomic E-state index is 0.706. The van der Waals surface area contributed by atoms with Gasteiger partial charge in [-0.2, -0.15) is 5.10 Å². The predicted molar refractivity (Wildman–Crippen MR) is 73.2 cm³/mol. The SMILES string of the molecule is COc1cc(Br)c(CSc2ncn[nH]2)cc1OC. The van der Waals surface area contributed by atoms with Gasteiger partial charge in [0, 0.05) is 10.2 Å². The van der Waals surface area contributed by atoms with E-state index in [1.807, 2.05) is 12.1 Å². The molecule has 18 heavy (non-hydrogen) atoms. The average molecular weight is 330 g/mol. The summed E-state index contributed by atoms with van der Waals surface area (Å²) in [5.74, 6) is 2.18. The van der Waals surface area contributed by atoms with E-state index < -0.39 is 0 Å². The second kappa shape index (κ2) is 6.10. The van der Waals surface area contributed by atoms with Crippen molar-refractivity contribution in [2.45, 2.75) is 10.9 Å². The third kappa shape index (κ3) is 2.97. The fourth-order valence-corrected chi connectivity index (χ4v) is 2.83. The second-order valence-electron chi connectivity index (χ2n) is 3.38. The van der Waals surface area contributed by atoms with Crippen molar-refractivity contribution >= 4 is 27.7 Å². The fourth-order valence-electron chi connectivity index (χ4n) is 1.42. The molecule has 2 aromatic rings. The summed E-state index contributed by atoms with van der Waals surface area (Å²) in [4.78, 5) is 4.06. The molecule has 0 aliphatic heterocycles. The number of nitrogens with zero attached hydrogens (tertiary/aromatic N) is 2. The van der Waals surface area contributed by atoms with Crippen molar-refractivity contribution in [2.75, 3.05) is 14.2 Å². The van der Waals surface area contributed by atoms with Gasteiger partial charge in [0.25, 0.3) is 0 Å². The van der Waals surface area contributed by atoms with Crippen LogP contribution in [-0.2, 0) is 5.75 Å². The Morgan fingerprint density at radius 3 is 2.61 bits per heavy atom. The summed E-state index contributed by atoms with van der Waals surface area (Å²) in [7, 11) is 3.24. The number of H-pyrrole nitrogens is 1. The number of methoxy groups -OCH3 is 2. The van der Waals surface area contributed by atoms with Gasteiger partial charge in [0.15, 0.2) is 16.7 Å². The Labute approximate surface area is 117 Å². The number of halogens is 1. The maximum absolute atomic E-state index is 5.28. The average Bonchev–Trinajstić information content (AvgIpc) is 2.90. The van der Waals surface area contributed by atoms with Gasteiger partial charge in [0.05, 0.1) is 14.2 Å². The zero-order chi connectivity index (χ0) is 13.0. The molecule has 0 saturated heterocycles. The minimum absolute atomic E-state index is 0.706. The molecule has 0 spiro atoms. The molecule has 1 aromatic heterocycles. The number of benzene rings is 1. The van der Waals surface area contributed by atoms with Gasteiger partial charge in [0.1, 0.15) is 6.33 Å². The topological polar surface area (TPSA) is 60.0 Å². The molecule has 0 saturated carbocycles. The zero-order valence-electron chi connectivity index (χ0n) is 9.94. The number of hydrogen-bond acceptors (Lipinski definition) is 5. The lowest BCUT2D eigenvalue weighted by molar-refractivity contribution is 0.354. The monoisotopic (exact) mass is 329 g/mol. The highest BCUT2D eigenvalue weighted by atomic mass is 79.9. The molecule has 0 aliphatic rings. The molecule has 0 radical (unpaired) electrons. The van der Waals surface area contributed by atoms with Gasteiger partial charge >= 0.3 is 0 Å². The Morgan fingerprint density at radius 1 is 1.28 bits per heavy atom. The number of ether oxygens (including phenoxy) is 2. The number of aromatic nitrogens is 3. The van der Waals surface area contributed by atoms with E-state index in [2.05, 4.69) is 31.1 Å². The maximum Gasteiger partial charge on any atom is 0.183 e. The molecule has 0 aliphatic carbocycles. The fraction of sp³-hybridized carbons (Fsp3) is 0.273. The van der Waals surface area contributed by atoms with Crippen molar-refractivity contribution < 1.29 is 9.47 Å². The lowest BCUT2D eigenvalue weighted by atomic mass is 10.2. The first kappa shape index (κ1) is 13.2. The molecule has 0 amide bonds. The highest BCUT2D eigenvalue weighted by molar-refractivity contribution is 9.10. The predicted octanol–water partition coefficient (Wildman–Crippen LogP) is 2.88. The highest BCUT2D eigenvalue weighted by Crippen LogP contribution is 2.35. The Morgan fingerprint density at radius 2 is 2.00 bits per heavy atom. The summed E-state index contributed by atoms with van der Waals surface area (Å²) in [6.07, 6.45) is 1.49. The molecule has 1 heterocycles. The normalized spacial score (nSPS) is 10.4. The molecule has 96 valence electrons.